The largest absolute Gasteiger partial charge is 0.497 e. The van der Waals surface area contributed by atoms with Crippen LogP contribution in [0.2, 0.25) is 0 Å². The van der Waals surface area contributed by atoms with E-state index < -0.39 is 0 Å². The summed E-state index contributed by atoms with van der Waals surface area (Å²) in [5, 5.41) is 15.1. The van der Waals surface area contributed by atoms with Crippen LogP contribution in [0.5, 0.6) is 11.5 Å². The van der Waals surface area contributed by atoms with Gasteiger partial charge in [-0.25, -0.2) is 0 Å². The van der Waals surface area contributed by atoms with Crippen molar-refractivity contribution >= 4 is 5.91 Å². The SMILES string of the molecule is COc1cccc(-c2nnn(CC(=O)NC(C)c3ccccc3OC)n2)c1. The van der Waals surface area contributed by atoms with E-state index in [0.717, 1.165) is 16.9 Å². The zero-order chi connectivity index (χ0) is 19.2. The Morgan fingerprint density at radius 1 is 1.15 bits per heavy atom. The molecule has 1 N–H and O–H groups in total. The highest BCUT2D eigenvalue weighted by molar-refractivity contribution is 5.76. The second-order valence-corrected chi connectivity index (χ2v) is 5.91. The molecule has 0 aliphatic rings. The molecule has 3 aromatic rings. The van der Waals surface area contributed by atoms with Crippen molar-refractivity contribution in [3.05, 3.63) is 54.1 Å². The Bertz CT molecular complexity index is 925. The number of benzene rings is 2. The average Bonchev–Trinajstić information content (AvgIpc) is 3.16. The van der Waals surface area contributed by atoms with Crippen LogP contribution in [0.25, 0.3) is 11.4 Å². The average molecular weight is 367 g/mol. The summed E-state index contributed by atoms with van der Waals surface area (Å²) in [6, 6.07) is 14.7. The number of methoxy groups -OCH3 is 2. The van der Waals surface area contributed by atoms with Gasteiger partial charge in [0.25, 0.3) is 0 Å². The molecule has 1 amide bonds. The number of amides is 1. The van der Waals surface area contributed by atoms with Crippen molar-refractivity contribution in [2.45, 2.75) is 19.5 Å². The fraction of sp³-hybridized carbons (Fsp3) is 0.263. The van der Waals surface area contributed by atoms with E-state index >= 15 is 0 Å². The second kappa shape index (κ2) is 8.31. The van der Waals surface area contributed by atoms with Crippen molar-refractivity contribution in [1.29, 1.82) is 0 Å². The topological polar surface area (TPSA) is 91.2 Å². The first kappa shape index (κ1) is 18.4. The number of nitrogens with zero attached hydrogens (tertiary/aromatic N) is 4. The lowest BCUT2D eigenvalue weighted by atomic mass is 10.1. The molecule has 140 valence electrons. The Balaban J connectivity index is 1.65. The summed E-state index contributed by atoms with van der Waals surface area (Å²) in [7, 11) is 3.20. The van der Waals surface area contributed by atoms with Crippen molar-refractivity contribution in [3.63, 3.8) is 0 Å². The first-order chi connectivity index (χ1) is 13.1. The standard InChI is InChI=1S/C19H21N5O3/c1-13(16-9-4-5-10-17(16)27-3)20-18(25)12-24-22-19(21-23-24)14-7-6-8-15(11-14)26-2/h4-11,13H,12H2,1-3H3,(H,20,25). The molecule has 27 heavy (non-hydrogen) atoms. The highest BCUT2D eigenvalue weighted by Crippen LogP contribution is 2.24. The van der Waals surface area contributed by atoms with Gasteiger partial charge in [-0.1, -0.05) is 30.3 Å². The van der Waals surface area contributed by atoms with Gasteiger partial charge in [0.15, 0.2) is 0 Å². The summed E-state index contributed by atoms with van der Waals surface area (Å²) >= 11 is 0. The summed E-state index contributed by atoms with van der Waals surface area (Å²) in [5.74, 6) is 1.64. The number of para-hydroxylation sites is 1. The first-order valence-corrected chi connectivity index (χ1v) is 8.45. The van der Waals surface area contributed by atoms with Crippen LogP contribution in [0.15, 0.2) is 48.5 Å². The Morgan fingerprint density at radius 2 is 1.96 bits per heavy atom. The maximum absolute atomic E-state index is 12.3. The number of tetrazole rings is 1. The summed E-state index contributed by atoms with van der Waals surface area (Å²) < 4.78 is 10.5. The van der Waals surface area contributed by atoms with Crippen molar-refractivity contribution in [2.24, 2.45) is 0 Å². The number of rotatable bonds is 7. The third-order valence-corrected chi connectivity index (χ3v) is 4.05. The minimum atomic E-state index is -0.219. The number of hydrogen-bond donors (Lipinski definition) is 1. The molecule has 8 nitrogen and oxygen atoms in total. The minimum absolute atomic E-state index is 0.0313. The Labute approximate surface area is 157 Å². The molecule has 1 heterocycles. The molecular formula is C19H21N5O3. The monoisotopic (exact) mass is 367 g/mol. The summed E-state index contributed by atoms with van der Waals surface area (Å²) in [4.78, 5) is 13.6. The Hall–Kier alpha value is -3.42. The summed E-state index contributed by atoms with van der Waals surface area (Å²) in [6.07, 6.45) is 0. The van der Waals surface area contributed by atoms with E-state index in [9.17, 15) is 4.79 Å². The van der Waals surface area contributed by atoms with E-state index in [4.69, 9.17) is 9.47 Å². The molecule has 0 saturated heterocycles. The smallest absolute Gasteiger partial charge is 0.244 e. The van der Waals surface area contributed by atoms with Crippen LogP contribution in [-0.2, 0) is 11.3 Å². The minimum Gasteiger partial charge on any atom is -0.497 e. The Morgan fingerprint density at radius 3 is 2.74 bits per heavy atom. The molecule has 0 fully saturated rings. The lowest BCUT2D eigenvalue weighted by molar-refractivity contribution is -0.122. The quantitative estimate of drug-likeness (QED) is 0.689. The molecule has 1 atom stereocenters. The third kappa shape index (κ3) is 4.41. The van der Waals surface area contributed by atoms with Gasteiger partial charge in [-0.05, 0) is 30.3 Å². The summed E-state index contributed by atoms with van der Waals surface area (Å²) in [5.41, 5.74) is 1.67. The van der Waals surface area contributed by atoms with Gasteiger partial charge in [0.1, 0.15) is 18.0 Å². The lowest BCUT2D eigenvalue weighted by Gasteiger charge is -2.16. The normalized spacial score (nSPS) is 11.7. The highest BCUT2D eigenvalue weighted by Gasteiger charge is 2.15. The third-order valence-electron chi connectivity index (χ3n) is 4.05. The van der Waals surface area contributed by atoms with Crippen molar-refractivity contribution in [3.8, 4) is 22.9 Å². The predicted octanol–water partition coefficient (Wildman–Crippen LogP) is 2.23. The van der Waals surface area contributed by atoms with Crippen molar-refractivity contribution in [1.82, 2.24) is 25.5 Å². The number of nitrogens with one attached hydrogen (secondary N) is 1. The van der Waals surface area contributed by atoms with E-state index in [-0.39, 0.29) is 18.5 Å². The van der Waals surface area contributed by atoms with Crippen LogP contribution in [0, 0.1) is 0 Å². The molecule has 3 rings (SSSR count). The van der Waals surface area contributed by atoms with E-state index in [1.54, 1.807) is 14.2 Å². The number of carbonyl (C=O) groups excluding carboxylic acids is 1. The summed E-state index contributed by atoms with van der Waals surface area (Å²) in [6.45, 7) is 1.86. The van der Waals surface area contributed by atoms with Crippen molar-refractivity contribution in [2.75, 3.05) is 14.2 Å². The zero-order valence-corrected chi connectivity index (χ0v) is 15.4. The fourth-order valence-corrected chi connectivity index (χ4v) is 2.71. The van der Waals surface area contributed by atoms with Gasteiger partial charge >= 0.3 is 0 Å². The highest BCUT2D eigenvalue weighted by atomic mass is 16.5. The van der Waals surface area contributed by atoms with E-state index in [1.165, 1.54) is 4.80 Å². The van der Waals surface area contributed by atoms with E-state index in [2.05, 4.69) is 20.7 Å². The van der Waals surface area contributed by atoms with Gasteiger partial charge in [0.05, 0.1) is 20.3 Å². The molecule has 2 aromatic carbocycles. The molecular weight excluding hydrogens is 346 g/mol. The second-order valence-electron chi connectivity index (χ2n) is 5.91. The van der Waals surface area contributed by atoms with Gasteiger partial charge < -0.3 is 14.8 Å². The molecule has 0 bridgehead atoms. The molecule has 0 aliphatic heterocycles. The first-order valence-electron chi connectivity index (χ1n) is 8.45. The maximum atomic E-state index is 12.3. The number of aromatic nitrogens is 4. The zero-order valence-electron chi connectivity index (χ0n) is 15.4. The fourth-order valence-electron chi connectivity index (χ4n) is 2.71. The van der Waals surface area contributed by atoms with Crippen molar-refractivity contribution < 1.29 is 14.3 Å². The van der Waals surface area contributed by atoms with E-state index in [0.29, 0.717) is 11.6 Å². The molecule has 1 aromatic heterocycles. The number of hydrogen-bond acceptors (Lipinski definition) is 6. The van der Waals surface area contributed by atoms with E-state index in [1.807, 2.05) is 55.5 Å². The van der Waals surface area contributed by atoms with Gasteiger partial charge in [0, 0.05) is 11.1 Å². The number of carbonyl (C=O) groups is 1. The molecule has 1 unspecified atom stereocenters. The lowest BCUT2D eigenvalue weighted by Crippen LogP contribution is -2.31. The molecule has 8 heteroatoms. The molecule has 0 aliphatic carbocycles. The Kier molecular flexibility index (Phi) is 5.65. The van der Waals surface area contributed by atoms with Crippen LogP contribution in [0.3, 0.4) is 0 Å². The molecule has 0 spiro atoms. The van der Waals surface area contributed by atoms with Gasteiger partial charge in [-0.3, -0.25) is 4.79 Å². The van der Waals surface area contributed by atoms with Crippen LogP contribution in [-0.4, -0.2) is 40.3 Å². The molecule has 0 radical (unpaired) electrons. The predicted molar refractivity (Wildman–Crippen MR) is 99.4 cm³/mol. The van der Waals surface area contributed by atoms with Crippen LogP contribution in [0.1, 0.15) is 18.5 Å². The van der Waals surface area contributed by atoms with Crippen LogP contribution < -0.4 is 14.8 Å². The van der Waals surface area contributed by atoms with Crippen LogP contribution >= 0.6 is 0 Å². The molecule has 0 saturated carbocycles. The van der Waals surface area contributed by atoms with Crippen LogP contribution in [0.4, 0.5) is 0 Å². The van der Waals surface area contributed by atoms with Gasteiger partial charge in [0.2, 0.25) is 11.7 Å². The van der Waals surface area contributed by atoms with Gasteiger partial charge in [-0.15, -0.1) is 10.2 Å². The maximum Gasteiger partial charge on any atom is 0.244 e. The van der Waals surface area contributed by atoms with Gasteiger partial charge in [-0.2, -0.15) is 4.80 Å². The number of ether oxygens (including phenoxy) is 2.